The number of benzene rings is 3. The number of hydrogen-bond acceptors (Lipinski definition) is 3. The molecule has 2 N–H and O–H groups in total. The quantitative estimate of drug-likeness (QED) is 0.210. The first-order valence-electron chi connectivity index (χ1n) is 12.3. The van der Waals surface area contributed by atoms with E-state index in [2.05, 4.69) is 22.5 Å². The fourth-order valence-electron chi connectivity index (χ4n) is 4.09. The van der Waals surface area contributed by atoms with Crippen LogP contribution in [0.3, 0.4) is 0 Å². The first-order valence-corrected chi connectivity index (χ1v) is 14.5. The Morgan fingerprint density at radius 3 is 2.12 bits per heavy atom. The number of hydrogen-bond donors (Lipinski definition) is 1. The van der Waals surface area contributed by atoms with Gasteiger partial charge in [0.2, 0.25) is 0 Å². The summed E-state index contributed by atoms with van der Waals surface area (Å²) in [6.07, 6.45) is 3.32. The monoisotopic (exact) mass is 594 g/mol. The molecule has 3 aromatic rings. The van der Waals surface area contributed by atoms with Gasteiger partial charge >= 0.3 is 0 Å². The van der Waals surface area contributed by atoms with E-state index in [1.165, 1.54) is 29.3 Å². The van der Waals surface area contributed by atoms with E-state index >= 15 is 0 Å². The molecule has 0 fully saturated rings. The molecule has 40 heavy (non-hydrogen) atoms. The van der Waals surface area contributed by atoms with E-state index in [-0.39, 0.29) is 29.3 Å². The van der Waals surface area contributed by atoms with E-state index in [1.54, 1.807) is 29.2 Å². The van der Waals surface area contributed by atoms with Crippen molar-refractivity contribution in [3.05, 3.63) is 125 Å². The first kappa shape index (κ1) is 29.1. The molecule has 8 nitrogen and oxygen atoms in total. The Balaban J connectivity index is 1.85. The van der Waals surface area contributed by atoms with Gasteiger partial charge in [-0.3, -0.25) is 0 Å². The van der Waals surface area contributed by atoms with Crippen LogP contribution in [0.2, 0.25) is 10.0 Å². The highest BCUT2D eigenvalue weighted by atomic mass is 35.5. The zero-order valence-electron chi connectivity index (χ0n) is 21.6. The van der Waals surface area contributed by atoms with Crippen LogP contribution in [-0.4, -0.2) is 55.6 Å². The summed E-state index contributed by atoms with van der Waals surface area (Å²) in [5.74, 6) is -0.355. The topological polar surface area (TPSA) is 104 Å². The minimum Gasteiger partial charge on any atom is -0.369 e. The Bertz CT molecular complexity index is 1540. The average Bonchev–Trinajstić information content (AvgIpc) is 3.39. The maximum Gasteiger partial charge on any atom is 0.285 e. The highest BCUT2D eigenvalue weighted by Gasteiger charge is 2.33. The Morgan fingerprint density at radius 2 is 1.55 bits per heavy atom. The summed E-state index contributed by atoms with van der Waals surface area (Å²) in [5, 5.41) is 7.26. The van der Waals surface area contributed by atoms with E-state index in [1.807, 2.05) is 42.5 Å². The zero-order valence-corrected chi connectivity index (χ0v) is 23.9. The van der Waals surface area contributed by atoms with Crippen LogP contribution in [0, 0.1) is 0 Å². The van der Waals surface area contributed by atoms with Crippen molar-refractivity contribution in [3.8, 4) is 0 Å². The number of guanidine groups is 2. The van der Waals surface area contributed by atoms with Crippen LogP contribution in [0.25, 0.3) is 0 Å². The Kier molecular flexibility index (Phi) is 9.42. The summed E-state index contributed by atoms with van der Waals surface area (Å²) < 4.78 is 30.9. The van der Waals surface area contributed by atoms with Gasteiger partial charge in [-0.05, 0) is 47.5 Å². The maximum atomic E-state index is 13.4. The summed E-state index contributed by atoms with van der Waals surface area (Å²) in [5.41, 5.74) is 8.88. The van der Waals surface area contributed by atoms with E-state index in [9.17, 15) is 8.42 Å². The van der Waals surface area contributed by atoms with E-state index < -0.39 is 10.0 Å². The summed E-state index contributed by atoms with van der Waals surface area (Å²) in [6.45, 7) is 8.52. The van der Waals surface area contributed by atoms with Gasteiger partial charge in [-0.25, -0.2) is 5.01 Å². The molecule has 1 heterocycles. The second-order valence-electron chi connectivity index (χ2n) is 8.81. The van der Waals surface area contributed by atoms with Gasteiger partial charge in [0.1, 0.15) is 0 Å². The molecular weight excluding hydrogens is 567 g/mol. The molecule has 0 amide bonds. The molecule has 1 aliphatic heterocycles. The number of rotatable bonds is 8. The van der Waals surface area contributed by atoms with Gasteiger partial charge in [-0.2, -0.15) is 18.5 Å². The van der Waals surface area contributed by atoms with Crippen LogP contribution >= 0.6 is 23.2 Å². The Morgan fingerprint density at radius 1 is 0.975 bits per heavy atom. The third-order valence-electron chi connectivity index (χ3n) is 6.04. The van der Waals surface area contributed by atoms with Crippen LogP contribution in [-0.2, 0) is 10.0 Å². The lowest BCUT2D eigenvalue weighted by molar-refractivity contribution is 0.465. The summed E-state index contributed by atoms with van der Waals surface area (Å²) in [7, 11) is -4.20. The van der Waals surface area contributed by atoms with Gasteiger partial charge < -0.3 is 10.6 Å². The van der Waals surface area contributed by atoms with Crippen LogP contribution in [0.1, 0.15) is 17.0 Å². The average molecular weight is 596 g/mol. The van der Waals surface area contributed by atoms with Crippen molar-refractivity contribution < 1.29 is 8.42 Å². The van der Waals surface area contributed by atoms with Gasteiger partial charge in [0.25, 0.3) is 16.0 Å². The fraction of sp³-hybridized carbons (Fsp3) is 0.138. The summed E-state index contributed by atoms with van der Waals surface area (Å²) >= 11 is 12.1. The third kappa shape index (κ3) is 6.98. The summed E-state index contributed by atoms with van der Waals surface area (Å²) in [6, 6.07) is 22.8. The van der Waals surface area contributed by atoms with Crippen LogP contribution in [0.15, 0.2) is 124 Å². The van der Waals surface area contributed by atoms with Crippen molar-refractivity contribution in [1.82, 2.24) is 9.91 Å². The predicted octanol–water partition coefficient (Wildman–Crippen LogP) is 5.53. The molecule has 0 saturated heterocycles. The van der Waals surface area contributed by atoms with Crippen LogP contribution in [0.5, 0.6) is 0 Å². The minimum atomic E-state index is -4.20. The number of hydrazone groups is 1. The SMILES string of the molecule is C=CCN(CC=C)/C(N)=N/C(=N/S(=O)(=O)c1ccc(Cl)cc1)N1CC(c2ccccc2)C(c2ccc(Cl)cc2)=N1. The van der Waals surface area contributed by atoms with Gasteiger partial charge in [0.15, 0.2) is 5.96 Å². The van der Waals surface area contributed by atoms with Crippen molar-refractivity contribution in [2.45, 2.75) is 10.8 Å². The van der Waals surface area contributed by atoms with Crippen LogP contribution < -0.4 is 5.73 Å². The highest BCUT2D eigenvalue weighted by Crippen LogP contribution is 2.30. The smallest absolute Gasteiger partial charge is 0.285 e. The second-order valence-corrected chi connectivity index (χ2v) is 11.3. The molecule has 1 unspecified atom stereocenters. The lowest BCUT2D eigenvalue weighted by Crippen LogP contribution is -2.39. The molecule has 0 saturated carbocycles. The lowest BCUT2D eigenvalue weighted by atomic mass is 9.91. The van der Waals surface area contributed by atoms with E-state index in [0.717, 1.165) is 11.1 Å². The number of sulfonamides is 1. The molecule has 206 valence electrons. The Hall–Kier alpha value is -3.92. The molecule has 0 spiro atoms. The maximum absolute atomic E-state index is 13.4. The molecule has 0 radical (unpaired) electrons. The molecule has 0 bridgehead atoms. The van der Waals surface area contributed by atoms with Crippen LogP contribution in [0.4, 0.5) is 0 Å². The number of nitrogens with two attached hydrogens (primary N) is 1. The molecule has 1 aliphatic rings. The van der Waals surface area contributed by atoms with E-state index in [0.29, 0.717) is 28.8 Å². The highest BCUT2D eigenvalue weighted by molar-refractivity contribution is 7.90. The molecular formula is C29H28Cl2N6O2S. The van der Waals surface area contributed by atoms with E-state index in [4.69, 9.17) is 34.0 Å². The predicted molar refractivity (Wildman–Crippen MR) is 164 cm³/mol. The van der Waals surface area contributed by atoms with Gasteiger partial charge in [-0.15, -0.1) is 17.6 Å². The molecule has 3 aromatic carbocycles. The normalized spacial score (nSPS) is 16.0. The zero-order chi connectivity index (χ0) is 28.7. The third-order valence-corrected chi connectivity index (χ3v) is 7.81. The van der Waals surface area contributed by atoms with Crippen molar-refractivity contribution >= 4 is 50.9 Å². The van der Waals surface area contributed by atoms with Gasteiger partial charge in [0.05, 0.1) is 17.2 Å². The lowest BCUT2D eigenvalue weighted by Gasteiger charge is -2.22. The first-order chi connectivity index (χ1) is 19.2. The fourth-order valence-corrected chi connectivity index (χ4v) is 5.28. The molecule has 0 aromatic heterocycles. The van der Waals surface area contributed by atoms with Gasteiger partial charge in [-0.1, -0.05) is 77.8 Å². The Labute approximate surface area is 244 Å². The number of nitrogens with zero attached hydrogens (tertiary/aromatic N) is 5. The minimum absolute atomic E-state index is 0.0382. The van der Waals surface area contributed by atoms with Crippen molar-refractivity contribution in [1.29, 1.82) is 0 Å². The van der Waals surface area contributed by atoms with Gasteiger partial charge in [0, 0.05) is 29.1 Å². The summed E-state index contributed by atoms with van der Waals surface area (Å²) in [4.78, 5) is 6.10. The molecule has 11 heteroatoms. The molecule has 4 rings (SSSR count). The van der Waals surface area contributed by atoms with Crippen molar-refractivity contribution in [2.24, 2.45) is 20.2 Å². The number of aliphatic imine (C=N–C) groups is 1. The second kappa shape index (κ2) is 13.0. The molecule has 0 aliphatic carbocycles. The van der Waals surface area contributed by atoms with Crippen molar-refractivity contribution in [2.75, 3.05) is 19.6 Å². The standard InChI is InChI=1S/C29H28Cl2N6O2S/c1-3-18-36(19-4-2)28(32)33-29(35-40(38,39)25-16-14-24(31)15-17-25)37-20-26(21-8-6-5-7-9-21)27(34-37)22-10-12-23(30)13-11-22/h3-17,26H,1-2,18-20H2,(H2,32,33,35). The number of halogens is 2. The largest absolute Gasteiger partial charge is 0.369 e. The molecule has 1 atom stereocenters. The van der Waals surface area contributed by atoms with Crippen molar-refractivity contribution in [3.63, 3.8) is 0 Å².